The maximum absolute atomic E-state index is 10.4. The van der Waals surface area contributed by atoms with E-state index in [1.54, 1.807) is 0 Å². The van der Waals surface area contributed by atoms with E-state index in [0.29, 0.717) is 0 Å². The minimum absolute atomic E-state index is 0.336. The summed E-state index contributed by atoms with van der Waals surface area (Å²) in [5.41, 5.74) is -1.15. The van der Waals surface area contributed by atoms with Crippen molar-refractivity contribution in [1.29, 1.82) is 0 Å². The highest BCUT2D eigenvalue weighted by atomic mass is 16.7. The Kier molecular flexibility index (Phi) is 2.86. The van der Waals surface area contributed by atoms with Crippen LogP contribution in [0.4, 0.5) is 4.79 Å². The summed E-state index contributed by atoms with van der Waals surface area (Å²) >= 11 is 0. The number of aliphatic carboxylic acids is 1. The molecular weight excluding hydrogens is 152 g/mol. The number of carbonyl (C=O) groups is 2. The normalized spacial score (nSPS) is 10.7. The van der Waals surface area contributed by atoms with E-state index in [1.807, 2.05) is 0 Å². The minimum Gasteiger partial charge on any atom is -0.481 e. The number of rotatable bonds is 3. The molecule has 5 nitrogen and oxygen atoms in total. The molecule has 0 aliphatic rings. The molecule has 0 saturated heterocycles. The molecule has 0 spiro atoms. The summed E-state index contributed by atoms with van der Waals surface area (Å²) in [4.78, 5) is 20.2. The van der Waals surface area contributed by atoms with Gasteiger partial charge in [0.1, 0.15) is 6.61 Å². The average Bonchev–Trinajstić information content (AvgIpc) is 1.84. The van der Waals surface area contributed by atoms with Gasteiger partial charge in [0.15, 0.2) is 0 Å². The third-order valence-corrected chi connectivity index (χ3v) is 1.14. The van der Waals surface area contributed by atoms with Gasteiger partial charge in [0.2, 0.25) is 0 Å². The van der Waals surface area contributed by atoms with Crippen LogP contribution in [0.25, 0.3) is 0 Å². The average molecular weight is 162 g/mol. The van der Waals surface area contributed by atoms with Crippen molar-refractivity contribution in [3.63, 3.8) is 0 Å². The summed E-state index contributed by atoms with van der Waals surface area (Å²) in [7, 11) is 0. The minimum atomic E-state index is -1.46. The summed E-state index contributed by atoms with van der Waals surface area (Å²) in [6.45, 7) is 2.44. The predicted molar refractivity (Wildman–Crippen MR) is 35.4 cm³/mol. The van der Waals surface area contributed by atoms with E-state index in [1.165, 1.54) is 13.8 Å². The van der Waals surface area contributed by atoms with Gasteiger partial charge < -0.3 is 14.9 Å². The fourth-order valence-corrected chi connectivity index (χ4v) is 0.304. The highest BCUT2D eigenvalue weighted by molar-refractivity contribution is 5.74. The highest BCUT2D eigenvalue weighted by Crippen LogP contribution is 2.14. The smallest absolute Gasteiger partial charge is 0.481 e. The van der Waals surface area contributed by atoms with Gasteiger partial charge in [0.05, 0.1) is 5.41 Å². The molecule has 0 radical (unpaired) electrons. The van der Waals surface area contributed by atoms with Gasteiger partial charge in [-0.15, -0.1) is 0 Å². The van der Waals surface area contributed by atoms with Crippen molar-refractivity contribution in [2.75, 3.05) is 6.61 Å². The molecule has 0 aromatic rings. The van der Waals surface area contributed by atoms with Crippen molar-refractivity contribution in [1.82, 2.24) is 0 Å². The van der Waals surface area contributed by atoms with Gasteiger partial charge in [0, 0.05) is 0 Å². The Morgan fingerprint density at radius 1 is 1.36 bits per heavy atom. The summed E-state index contributed by atoms with van der Waals surface area (Å²) in [6.07, 6.45) is -1.46. The topological polar surface area (TPSA) is 83.8 Å². The lowest BCUT2D eigenvalue weighted by Gasteiger charge is -2.16. The molecule has 0 aliphatic heterocycles. The van der Waals surface area contributed by atoms with Gasteiger partial charge in [0.25, 0.3) is 0 Å². The fourth-order valence-electron chi connectivity index (χ4n) is 0.304. The quantitative estimate of drug-likeness (QED) is 0.599. The zero-order valence-corrected chi connectivity index (χ0v) is 6.33. The second-order valence-corrected chi connectivity index (χ2v) is 2.74. The molecule has 64 valence electrons. The van der Waals surface area contributed by atoms with Gasteiger partial charge in [-0.3, -0.25) is 4.79 Å². The Bertz CT molecular complexity index is 172. The van der Waals surface area contributed by atoms with Crippen molar-refractivity contribution < 1.29 is 24.5 Å². The molecule has 0 aromatic carbocycles. The second-order valence-electron chi connectivity index (χ2n) is 2.74. The largest absolute Gasteiger partial charge is 0.505 e. The third kappa shape index (κ3) is 3.44. The maximum Gasteiger partial charge on any atom is 0.505 e. The van der Waals surface area contributed by atoms with Gasteiger partial charge >= 0.3 is 12.1 Å². The summed E-state index contributed by atoms with van der Waals surface area (Å²) in [5.74, 6) is -1.08. The summed E-state index contributed by atoms with van der Waals surface area (Å²) < 4.78 is 4.10. The predicted octanol–water partition coefficient (Wildman–Crippen LogP) is 0.792. The Balaban J connectivity index is 3.92. The lowest BCUT2D eigenvalue weighted by Crippen LogP contribution is -2.30. The lowest BCUT2D eigenvalue weighted by molar-refractivity contribution is -0.149. The standard InChI is InChI=1S/C6H10O5/c1-6(2,4(7)8)3-11-5(9)10/h3H2,1-2H3,(H,7,8)(H,9,10). The van der Waals surface area contributed by atoms with E-state index in [9.17, 15) is 9.59 Å². The second kappa shape index (κ2) is 3.23. The van der Waals surface area contributed by atoms with Gasteiger partial charge in [-0.1, -0.05) is 0 Å². The third-order valence-electron chi connectivity index (χ3n) is 1.14. The van der Waals surface area contributed by atoms with Crippen LogP contribution in [0.1, 0.15) is 13.8 Å². The van der Waals surface area contributed by atoms with Crippen molar-refractivity contribution in [3.05, 3.63) is 0 Å². The van der Waals surface area contributed by atoms with E-state index in [-0.39, 0.29) is 6.61 Å². The fraction of sp³-hybridized carbons (Fsp3) is 0.667. The van der Waals surface area contributed by atoms with Gasteiger partial charge in [-0.05, 0) is 13.8 Å². The van der Waals surface area contributed by atoms with Crippen LogP contribution in [0, 0.1) is 5.41 Å². The Labute approximate surface area is 63.6 Å². The summed E-state index contributed by atoms with van der Waals surface area (Å²) in [6, 6.07) is 0. The maximum atomic E-state index is 10.4. The molecule has 0 aliphatic carbocycles. The molecule has 0 heterocycles. The molecular formula is C6H10O5. The molecule has 0 bridgehead atoms. The lowest BCUT2D eigenvalue weighted by atomic mass is 9.95. The Morgan fingerprint density at radius 3 is 2.09 bits per heavy atom. The highest BCUT2D eigenvalue weighted by Gasteiger charge is 2.28. The van der Waals surface area contributed by atoms with Gasteiger partial charge in [-0.25, -0.2) is 4.79 Å². The van der Waals surface area contributed by atoms with E-state index in [2.05, 4.69) is 4.74 Å². The van der Waals surface area contributed by atoms with E-state index < -0.39 is 17.5 Å². The van der Waals surface area contributed by atoms with Crippen LogP contribution >= 0.6 is 0 Å². The first kappa shape index (κ1) is 9.74. The van der Waals surface area contributed by atoms with Crippen molar-refractivity contribution in [2.45, 2.75) is 13.8 Å². The van der Waals surface area contributed by atoms with Crippen LogP contribution in [0.5, 0.6) is 0 Å². The van der Waals surface area contributed by atoms with Crippen molar-refractivity contribution in [2.24, 2.45) is 5.41 Å². The van der Waals surface area contributed by atoms with Crippen LogP contribution in [-0.4, -0.2) is 28.9 Å². The van der Waals surface area contributed by atoms with Gasteiger partial charge in [-0.2, -0.15) is 0 Å². The first-order valence-electron chi connectivity index (χ1n) is 2.95. The van der Waals surface area contributed by atoms with Crippen LogP contribution in [-0.2, 0) is 9.53 Å². The molecule has 5 heteroatoms. The molecule has 0 aromatic heterocycles. The number of hydrogen-bond donors (Lipinski definition) is 2. The number of ether oxygens (including phenoxy) is 1. The molecule has 0 rings (SSSR count). The zero-order valence-electron chi connectivity index (χ0n) is 6.33. The molecule has 0 fully saturated rings. The first-order valence-corrected chi connectivity index (χ1v) is 2.95. The number of hydrogen-bond acceptors (Lipinski definition) is 3. The van der Waals surface area contributed by atoms with E-state index in [0.717, 1.165) is 0 Å². The molecule has 11 heavy (non-hydrogen) atoms. The number of carboxylic acid groups (broad SMARTS) is 2. The van der Waals surface area contributed by atoms with Crippen LogP contribution < -0.4 is 0 Å². The monoisotopic (exact) mass is 162 g/mol. The Hall–Kier alpha value is -1.26. The SMILES string of the molecule is CC(C)(COC(=O)O)C(=O)O. The van der Waals surface area contributed by atoms with Crippen molar-refractivity contribution in [3.8, 4) is 0 Å². The van der Waals surface area contributed by atoms with Crippen molar-refractivity contribution >= 4 is 12.1 Å². The molecule has 0 unspecified atom stereocenters. The molecule has 0 amide bonds. The van der Waals surface area contributed by atoms with Crippen LogP contribution in [0.2, 0.25) is 0 Å². The van der Waals surface area contributed by atoms with Crippen LogP contribution in [0.15, 0.2) is 0 Å². The molecule has 2 N–H and O–H groups in total. The van der Waals surface area contributed by atoms with E-state index >= 15 is 0 Å². The summed E-state index contributed by atoms with van der Waals surface area (Å²) in [5, 5.41) is 16.5. The van der Waals surface area contributed by atoms with E-state index in [4.69, 9.17) is 10.2 Å². The zero-order chi connectivity index (χ0) is 9.07. The first-order chi connectivity index (χ1) is 4.86. The molecule has 0 saturated carbocycles. The van der Waals surface area contributed by atoms with Crippen LogP contribution in [0.3, 0.4) is 0 Å². The number of carboxylic acids is 1. The Morgan fingerprint density at radius 2 is 1.82 bits per heavy atom. The molecule has 0 atom stereocenters.